The molecule has 5 heteroatoms. The van der Waals surface area contributed by atoms with Gasteiger partial charge in [-0.3, -0.25) is 4.79 Å². The van der Waals surface area contributed by atoms with E-state index >= 15 is 0 Å². The molecule has 0 aliphatic heterocycles. The number of benzene rings is 2. The van der Waals surface area contributed by atoms with Crippen molar-refractivity contribution in [2.24, 2.45) is 0 Å². The van der Waals surface area contributed by atoms with Gasteiger partial charge in [-0.15, -0.1) is 0 Å². The number of methoxy groups -OCH3 is 1. The average molecular weight is 301 g/mol. The van der Waals surface area contributed by atoms with Crippen LogP contribution in [-0.2, 0) is 4.79 Å². The lowest BCUT2D eigenvalue weighted by atomic mass is 10.2. The first-order valence-corrected chi connectivity index (χ1v) is 7.01. The maximum Gasteiger partial charge on any atom is 0.262 e. The summed E-state index contributed by atoms with van der Waals surface area (Å²) in [5.74, 6) is 1.63. The maximum atomic E-state index is 11.9. The van der Waals surface area contributed by atoms with Crippen molar-refractivity contribution >= 4 is 11.6 Å². The van der Waals surface area contributed by atoms with Crippen LogP contribution in [0.25, 0.3) is 0 Å². The molecule has 116 valence electrons. The van der Waals surface area contributed by atoms with Crippen molar-refractivity contribution in [3.63, 3.8) is 0 Å². The normalized spacial score (nSPS) is 9.91. The first-order valence-electron chi connectivity index (χ1n) is 7.01. The molecule has 0 saturated carbocycles. The Hall–Kier alpha value is -2.69. The minimum atomic E-state index is -0.241. The molecule has 0 atom stereocenters. The van der Waals surface area contributed by atoms with E-state index in [0.29, 0.717) is 29.5 Å². The van der Waals surface area contributed by atoms with E-state index in [0.717, 1.165) is 0 Å². The lowest BCUT2D eigenvalue weighted by molar-refractivity contribution is -0.118. The monoisotopic (exact) mass is 301 g/mol. The van der Waals surface area contributed by atoms with E-state index in [4.69, 9.17) is 14.2 Å². The number of anilines is 1. The summed E-state index contributed by atoms with van der Waals surface area (Å²) in [6.45, 7) is 2.39. The van der Waals surface area contributed by atoms with E-state index in [9.17, 15) is 4.79 Å². The Morgan fingerprint density at radius 2 is 1.82 bits per heavy atom. The predicted molar refractivity (Wildman–Crippen MR) is 84.7 cm³/mol. The topological polar surface area (TPSA) is 56.8 Å². The van der Waals surface area contributed by atoms with Crippen molar-refractivity contribution in [3.05, 3.63) is 48.5 Å². The van der Waals surface area contributed by atoms with Gasteiger partial charge in [0.1, 0.15) is 5.75 Å². The molecule has 2 aromatic carbocycles. The van der Waals surface area contributed by atoms with Gasteiger partial charge in [-0.05, 0) is 31.2 Å². The fourth-order valence-corrected chi connectivity index (χ4v) is 1.88. The highest BCUT2D eigenvalue weighted by atomic mass is 16.5. The summed E-state index contributed by atoms with van der Waals surface area (Å²) in [5, 5.41) is 2.76. The highest BCUT2D eigenvalue weighted by Crippen LogP contribution is 2.30. The molecule has 0 heterocycles. The first-order chi connectivity index (χ1) is 10.7. The second kappa shape index (κ2) is 7.93. The van der Waals surface area contributed by atoms with Crippen LogP contribution in [0, 0.1) is 0 Å². The van der Waals surface area contributed by atoms with Crippen LogP contribution in [0.2, 0.25) is 0 Å². The number of carbonyl (C=O) groups excluding carboxylic acids is 1. The second-order valence-corrected chi connectivity index (χ2v) is 4.45. The van der Waals surface area contributed by atoms with Crippen molar-refractivity contribution in [3.8, 4) is 17.2 Å². The molecule has 0 bridgehead atoms. The third kappa shape index (κ3) is 4.41. The Bertz CT molecular complexity index is 613. The van der Waals surface area contributed by atoms with Crippen molar-refractivity contribution in [2.45, 2.75) is 6.92 Å². The molecule has 0 fully saturated rings. The van der Waals surface area contributed by atoms with Crippen LogP contribution < -0.4 is 19.5 Å². The second-order valence-electron chi connectivity index (χ2n) is 4.45. The minimum absolute atomic E-state index is 0.0560. The highest BCUT2D eigenvalue weighted by Gasteiger charge is 2.08. The summed E-state index contributed by atoms with van der Waals surface area (Å²) in [5.41, 5.74) is 0.627. The molecule has 0 spiro atoms. The van der Waals surface area contributed by atoms with Crippen molar-refractivity contribution < 1.29 is 19.0 Å². The number of nitrogens with one attached hydrogen (secondary N) is 1. The van der Waals surface area contributed by atoms with Crippen LogP contribution in [0.15, 0.2) is 48.5 Å². The average Bonchev–Trinajstić information content (AvgIpc) is 2.55. The Labute approximate surface area is 129 Å². The molecule has 1 N–H and O–H groups in total. The summed E-state index contributed by atoms with van der Waals surface area (Å²) in [6, 6.07) is 14.4. The van der Waals surface area contributed by atoms with Crippen molar-refractivity contribution in [2.75, 3.05) is 25.6 Å². The van der Waals surface area contributed by atoms with Gasteiger partial charge in [0.2, 0.25) is 0 Å². The number of hydrogen-bond donors (Lipinski definition) is 1. The quantitative estimate of drug-likeness (QED) is 0.853. The lowest BCUT2D eigenvalue weighted by Gasteiger charge is -2.12. The Morgan fingerprint density at radius 3 is 2.50 bits per heavy atom. The van der Waals surface area contributed by atoms with E-state index in [1.165, 1.54) is 0 Å². The first kappa shape index (κ1) is 15.7. The fraction of sp³-hybridized carbons (Fsp3) is 0.235. The zero-order valence-electron chi connectivity index (χ0n) is 12.7. The third-order valence-electron chi connectivity index (χ3n) is 2.86. The van der Waals surface area contributed by atoms with Gasteiger partial charge in [0.05, 0.1) is 13.7 Å². The van der Waals surface area contributed by atoms with Gasteiger partial charge >= 0.3 is 0 Å². The maximum absolute atomic E-state index is 11.9. The van der Waals surface area contributed by atoms with Crippen LogP contribution in [0.1, 0.15) is 6.92 Å². The number of ether oxygens (including phenoxy) is 3. The molecule has 0 saturated heterocycles. The molecule has 2 rings (SSSR count). The number of carbonyl (C=O) groups is 1. The van der Waals surface area contributed by atoms with Gasteiger partial charge in [-0.2, -0.15) is 0 Å². The van der Waals surface area contributed by atoms with Gasteiger partial charge in [0.15, 0.2) is 18.1 Å². The van der Waals surface area contributed by atoms with E-state index in [-0.39, 0.29) is 12.5 Å². The molecule has 1 amide bonds. The number of para-hydroxylation sites is 1. The summed E-state index contributed by atoms with van der Waals surface area (Å²) in [4.78, 5) is 11.9. The largest absolute Gasteiger partial charge is 0.493 e. The van der Waals surface area contributed by atoms with Crippen molar-refractivity contribution in [1.82, 2.24) is 0 Å². The van der Waals surface area contributed by atoms with E-state index in [1.54, 1.807) is 37.4 Å². The molecule has 0 aromatic heterocycles. The van der Waals surface area contributed by atoms with E-state index < -0.39 is 0 Å². The lowest BCUT2D eigenvalue weighted by Crippen LogP contribution is -2.20. The van der Waals surface area contributed by atoms with Crippen LogP contribution in [-0.4, -0.2) is 26.2 Å². The Kier molecular flexibility index (Phi) is 5.65. The molecular weight excluding hydrogens is 282 g/mol. The molecular formula is C17H19NO4. The molecule has 0 unspecified atom stereocenters. The number of hydrogen-bond acceptors (Lipinski definition) is 4. The molecule has 0 radical (unpaired) electrons. The Balaban J connectivity index is 1.93. The van der Waals surface area contributed by atoms with Crippen LogP contribution >= 0.6 is 0 Å². The van der Waals surface area contributed by atoms with Gasteiger partial charge in [0, 0.05) is 11.8 Å². The molecule has 2 aromatic rings. The Morgan fingerprint density at radius 1 is 1.05 bits per heavy atom. The number of amides is 1. The summed E-state index contributed by atoms with van der Waals surface area (Å²) in [6.07, 6.45) is 0. The summed E-state index contributed by atoms with van der Waals surface area (Å²) in [7, 11) is 1.56. The van der Waals surface area contributed by atoms with Crippen LogP contribution in [0.3, 0.4) is 0 Å². The van der Waals surface area contributed by atoms with E-state index in [1.807, 2.05) is 25.1 Å². The minimum Gasteiger partial charge on any atom is -0.493 e. The van der Waals surface area contributed by atoms with Gasteiger partial charge in [-0.25, -0.2) is 0 Å². The van der Waals surface area contributed by atoms with Gasteiger partial charge in [-0.1, -0.05) is 18.2 Å². The highest BCUT2D eigenvalue weighted by molar-refractivity contribution is 5.92. The summed E-state index contributed by atoms with van der Waals surface area (Å²) < 4.78 is 16.1. The molecule has 0 aliphatic carbocycles. The van der Waals surface area contributed by atoms with Crippen LogP contribution in [0.5, 0.6) is 17.2 Å². The third-order valence-corrected chi connectivity index (χ3v) is 2.86. The zero-order valence-corrected chi connectivity index (χ0v) is 12.7. The predicted octanol–water partition coefficient (Wildman–Crippen LogP) is 3.11. The molecule has 22 heavy (non-hydrogen) atoms. The number of rotatable bonds is 7. The van der Waals surface area contributed by atoms with E-state index in [2.05, 4.69) is 5.32 Å². The molecule has 0 aliphatic rings. The smallest absolute Gasteiger partial charge is 0.262 e. The van der Waals surface area contributed by atoms with Crippen molar-refractivity contribution in [1.29, 1.82) is 0 Å². The van der Waals surface area contributed by atoms with Crippen LogP contribution in [0.4, 0.5) is 5.69 Å². The summed E-state index contributed by atoms with van der Waals surface area (Å²) >= 11 is 0. The molecule has 5 nitrogen and oxygen atoms in total. The fourth-order valence-electron chi connectivity index (χ4n) is 1.88. The SMILES string of the molecule is CCOc1ccc(NC(=O)COc2ccccc2)cc1OC. The standard InChI is InChI=1S/C17H19NO4/c1-3-21-15-10-9-13(11-16(15)20-2)18-17(19)12-22-14-7-5-4-6-8-14/h4-11H,3,12H2,1-2H3,(H,18,19). The van der Waals surface area contributed by atoms with Gasteiger partial charge in [0.25, 0.3) is 5.91 Å². The van der Waals surface area contributed by atoms with Gasteiger partial charge < -0.3 is 19.5 Å². The zero-order chi connectivity index (χ0) is 15.8.